The van der Waals surface area contributed by atoms with Gasteiger partial charge in [0.05, 0.1) is 25.7 Å². The quantitative estimate of drug-likeness (QED) is 0.395. The van der Waals surface area contributed by atoms with E-state index in [4.69, 9.17) is 14.2 Å². The number of hydrogen-bond acceptors (Lipinski definition) is 6. The number of rotatable bonds is 10. The Labute approximate surface area is 151 Å². The number of aromatic amines is 1. The number of carbonyl (C=O) groups is 1. The predicted molar refractivity (Wildman–Crippen MR) is 95.7 cm³/mol. The van der Waals surface area contributed by atoms with Crippen molar-refractivity contribution in [3.8, 4) is 0 Å². The van der Waals surface area contributed by atoms with Crippen LogP contribution in [0.25, 0.3) is 10.9 Å². The molecule has 1 N–H and O–H groups in total. The Kier molecular flexibility index (Phi) is 7.11. The van der Waals surface area contributed by atoms with Crippen LogP contribution in [-0.2, 0) is 25.6 Å². The number of ether oxygens (including phenoxy) is 3. The first-order valence-electron chi connectivity index (χ1n) is 8.50. The van der Waals surface area contributed by atoms with Crippen LogP contribution < -0.4 is 0 Å². The number of nitro groups is 1. The molecule has 0 saturated heterocycles. The molecule has 1 aromatic heterocycles. The summed E-state index contributed by atoms with van der Waals surface area (Å²) in [6, 6.07) is 4.13. The molecule has 0 aliphatic heterocycles. The fourth-order valence-electron chi connectivity index (χ4n) is 3.07. The number of nitrogens with one attached hydrogen (secondary N) is 1. The molecule has 8 nitrogen and oxygen atoms in total. The molecule has 0 radical (unpaired) electrons. The van der Waals surface area contributed by atoms with Crippen LogP contribution in [-0.4, -0.2) is 48.8 Å². The summed E-state index contributed by atoms with van der Waals surface area (Å²) in [4.78, 5) is 26.4. The first-order chi connectivity index (χ1) is 12.5. The molecule has 0 aliphatic rings. The van der Waals surface area contributed by atoms with Gasteiger partial charge in [0.2, 0.25) is 0 Å². The van der Waals surface area contributed by atoms with Crippen molar-refractivity contribution in [1.29, 1.82) is 0 Å². The molecule has 2 rings (SSSR count). The van der Waals surface area contributed by atoms with Crippen LogP contribution in [0.4, 0.5) is 0 Å². The van der Waals surface area contributed by atoms with Gasteiger partial charge in [-0.1, -0.05) is 12.1 Å². The van der Waals surface area contributed by atoms with E-state index in [0.29, 0.717) is 18.8 Å². The maximum atomic E-state index is 12.2. The molecule has 0 bridgehead atoms. The Morgan fingerprint density at radius 1 is 1.31 bits per heavy atom. The second-order valence-electron chi connectivity index (χ2n) is 5.76. The predicted octanol–water partition coefficient (Wildman–Crippen LogP) is 2.64. The standard InChI is InChI=1S/C18H24N2O6/c1-4-25-10-12-7-6-8-15-16(12)13(9-19-15)14(11-24-3)17(20(22)23)18(21)26-5-2/h6-9,14,17,19H,4-5,10-11H2,1-3H3. The maximum absolute atomic E-state index is 12.2. The first kappa shape index (κ1) is 19.9. The number of carbonyl (C=O) groups excluding carboxylic acids is 1. The smallest absolute Gasteiger partial charge is 0.382 e. The largest absolute Gasteiger partial charge is 0.461 e. The minimum atomic E-state index is -1.55. The molecule has 0 amide bonds. The molecule has 1 heterocycles. The molecule has 0 fully saturated rings. The molecule has 8 heteroatoms. The molecule has 0 aliphatic carbocycles. The highest BCUT2D eigenvalue weighted by Crippen LogP contribution is 2.32. The number of methoxy groups -OCH3 is 1. The van der Waals surface area contributed by atoms with Crippen LogP contribution >= 0.6 is 0 Å². The van der Waals surface area contributed by atoms with Crippen LogP contribution in [0.3, 0.4) is 0 Å². The minimum Gasteiger partial charge on any atom is -0.461 e. The van der Waals surface area contributed by atoms with Crippen molar-refractivity contribution < 1.29 is 23.9 Å². The van der Waals surface area contributed by atoms with Crippen LogP contribution in [0.5, 0.6) is 0 Å². The van der Waals surface area contributed by atoms with Gasteiger partial charge in [-0.05, 0) is 31.0 Å². The average molecular weight is 364 g/mol. The number of fused-ring (bicyclic) bond motifs is 1. The summed E-state index contributed by atoms with van der Waals surface area (Å²) in [5.74, 6) is -1.65. The minimum absolute atomic E-state index is 0.0143. The van der Waals surface area contributed by atoms with Gasteiger partial charge in [0.15, 0.2) is 0 Å². The number of hydrogen-bond donors (Lipinski definition) is 1. The van der Waals surface area contributed by atoms with E-state index >= 15 is 0 Å². The monoisotopic (exact) mass is 364 g/mol. The molecular formula is C18H24N2O6. The molecule has 1 aromatic carbocycles. The van der Waals surface area contributed by atoms with Gasteiger partial charge in [0.1, 0.15) is 0 Å². The Hall–Kier alpha value is -2.45. The Bertz CT molecular complexity index is 757. The van der Waals surface area contributed by atoms with Gasteiger partial charge in [-0.15, -0.1) is 0 Å². The molecule has 2 atom stereocenters. The van der Waals surface area contributed by atoms with Crippen molar-refractivity contribution in [1.82, 2.24) is 4.98 Å². The zero-order valence-corrected chi connectivity index (χ0v) is 15.2. The second kappa shape index (κ2) is 9.30. The number of benzene rings is 1. The van der Waals surface area contributed by atoms with E-state index in [2.05, 4.69) is 4.98 Å². The van der Waals surface area contributed by atoms with Gasteiger partial charge in [-0.3, -0.25) is 10.1 Å². The zero-order chi connectivity index (χ0) is 19.1. The van der Waals surface area contributed by atoms with Gasteiger partial charge in [-0.25, -0.2) is 4.79 Å². The van der Waals surface area contributed by atoms with Crippen molar-refractivity contribution in [2.45, 2.75) is 32.4 Å². The van der Waals surface area contributed by atoms with E-state index in [1.54, 1.807) is 13.1 Å². The fraction of sp³-hybridized carbons (Fsp3) is 0.500. The molecule has 0 saturated carbocycles. The van der Waals surface area contributed by atoms with Gasteiger partial charge in [0, 0.05) is 35.7 Å². The average Bonchev–Trinajstić information content (AvgIpc) is 3.04. The van der Waals surface area contributed by atoms with Crippen molar-refractivity contribution in [3.05, 3.63) is 45.6 Å². The summed E-state index contributed by atoms with van der Waals surface area (Å²) in [5.41, 5.74) is 2.36. The van der Waals surface area contributed by atoms with Crippen molar-refractivity contribution >= 4 is 16.9 Å². The molecule has 2 unspecified atom stereocenters. The number of H-pyrrole nitrogens is 1. The third kappa shape index (κ3) is 4.20. The zero-order valence-electron chi connectivity index (χ0n) is 15.2. The highest BCUT2D eigenvalue weighted by Gasteiger charge is 2.42. The summed E-state index contributed by atoms with van der Waals surface area (Å²) in [7, 11) is 1.45. The summed E-state index contributed by atoms with van der Waals surface area (Å²) < 4.78 is 15.6. The lowest BCUT2D eigenvalue weighted by atomic mass is 9.90. The summed E-state index contributed by atoms with van der Waals surface area (Å²) in [5, 5.41) is 12.5. The first-order valence-corrected chi connectivity index (χ1v) is 8.50. The highest BCUT2D eigenvalue weighted by atomic mass is 16.6. The van der Waals surface area contributed by atoms with E-state index in [1.165, 1.54) is 7.11 Å². The summed E-state index contributed by atoms with van der Waals surface area (Å²) in [6.45, 7) is 4.53. The maximum Gasteiger partial charge on any atom is 0.382 e. The van der Waals surface area contributed by atoms with Crippen molar-refractivity contribution in [2.24, 2.45) is 0 Å². The van der Waals surface area contributed by atoms with Crippen LogP contribution in [0.2, 0.25) is 0 Å². The van der Waals surface area contributed by atoms with E-state index < -0.39 is 22.9 Å². The fourth-order valence-corrected chi connectivity index (χ4v) is 3.07. The molecule has 0 spiro atoms. The normalized spacial score (nSPS) is 13.5. The van der Waals surface area contributed by atoms with Crippen LogP contribution in [0.15, 0.2) is 24.4 Å². The van der Waals surface area contributed by atoms with Gasteiger partial charge >= 0.3 is 12.0 Å². The SMILES string of the molecule is CCOCc1cccc2[nH]cc(C(COC)C(C(=O)OCC)[N+](=O)[O-])c12. The van der Waals surface area contributed by atoms with E-state index in [0.717, 1.165) is 16.5 Å². The molecular weight excluding hydrogens is 340 g/mol. The van der Waals surface area contributed by atoms with Gasteiger partial charge in [-0.2, -0.15) is 0 Å². The van der Waals surface area contributed by atoms with E-state index in [1.807, 2.05) is 25.1 Å². The lowest BCUT2D eigenvalue weighted by Crippen LogP contribution is -2.39. The molecule has 2 aromatic rings. The Balaban J connectivity index is 2.55. The number of nitrogens with zero attached hydrogens (tertiary/aromatic N) is 1. The van der Waals surface area contributed by atoms with E-state index in [-0.39, 0.29) is 13.2 Å². The topological polar surface area (TPSA) is 104 Å². The Morgan fingerprint density at radius 3 is 2.69 bits per heavy atom. The molecule has 142 valence electrons. The summed E-state index contributed by atoms with van der Waals surface area (Å²) >= 11 is 0. The third-order valence-electron chi connectivity index (χ3n) is 4.17. The van der Waals surface area contributed by atoms with Crippen molar-refractivity contribution in [3.63, 3.8) is 0 Å². The highest BCUT2D eigenvalue weighted by molar-refractivity contribution is 5.88. The number of esters is 1. The van der Waals surface area contributed by atoms with Crippen molar-refractivity contribution in [2.75, 3.05) is 26.9 Å². The van der Waals surface area contributed by atoms with Gasteiger partial charge < -0.3 is 19.2 Å². The van der Waals surface area contributed by atoms with Gasteiger partial charge in [0.25, 0.3) is 0 Å². The summed E-state index contributed by atoms with van der Waals surface area (Å²) in [6.07, 6.45) is 1.69. The Morgan fingerprint density at radius 2 is 2.08 bits per heavy atom. The van der Waals surface area contributed by atoms with Crippen LogP contribution in [0, 0.1) is 10.1 Å². The van der Waals surface area contributed by atoms with E-state index in [9.17, 15) is 14.9 Å². The van der Waals surface area contributed by atoms with Crippen LogP contribution in [0.1, 0.15) is 30.9 Å². The lowest BCUT2D eigenvalue weighted by molar-refractivity contribution is -0.515. The third-order valence-corrected chi connectivity index (χ3v) is 4.17. The second-order valence-corrected chi connectivity index (χ2v) is 5.76. The lowest BCUT2D eigenvalue weighted by Gasteiger charge is -2.19. The number of aromatic nitrogens is 1. The molecule has 26 heavy (non-hydrogen) atoms.